The molecule has 0 bridgehead atoms. The van der Waals surface area contributed by atoms with Crippen LogP contribution >= 0.6 is 0 Å². The van der Waals surface area contributed by atoms with E-state index in [1.807, 2.05) is 30.3 Å². The predicted molar refractivity (Wildman–Crippen MR) is 107 cm³/mol. The molecule has 0 atom stereocenters. The molecule has 0 unspecified atom stereocenters. The molecule has 0 saturated heterocycles. The number of hydrogen-bond donors (Lipinski definition) is 1. The number of esters is 1. The molecule has 0 amide bonds. The van der Waals surface area contributed by atoms with Crippen LogP contribution in [0.15, 0.2) is 90.4 Å². The van der Waals surface area contributed by atoms with Crippen molar-refractivity contribution in [2.75, 3.05) is 0 Å². The topological polar surface area (TPSA) is 46.5 Å². The van der Waals surface area contributed by atoms with E-state index in [9.17, 15) is 23.1 Å². The number of ether oxygens (including phenoxy) is 1. The predicted octanol–water partition coefficient (Wildman–Crippen LogP) is 6.24. The Bertz CT molecular complexity index is 1160. The number of carbonyl (C=O) groups excluding carboxylic acids is 1. The molecular weight excluding hydrogens is 393 g/mol. The summed E-state index contributed by atoms with van der Waals surface area (Å²) in [5.41, 5.74) is 1.12. The molecule has 1 aliphatic rings. The number of benzene rings is 3. The molecule has 3 aromatic rings. The Morgan fingerprint density at radius 3 is 2.00 bits per heavy atom. The highest BCUT2D eigenvalue weighted by atomic mass is 19.4. The molecule has 3 nitrogen and oxygen atoms in total. The molecule has 1 heterocycles. The van der Waals surface area contributed by atoms with Gasteiger partial charge in [0.1, 0.15) is 5.57 Å². The van der Waals surface area contributed by atoms with Crippen LogP contribution in [0.1, 0.15) is 16.7 Å². The Hall–Kier alpha value is -3.80. The maximum Gasteiger partial charge on any atom is 0.416 e. The van der Waals surface area contributed by atoms with Gasteiger partial charge in [-0.25, -0.2) is 4.79 Å². The van der Waals surface area contributed by atoms with E-state index in [1.165, 1.54) is 18.2 Å². The second-order valence-electron chi connectivity index (χ2n) is 6.65. The average molecular weight is 408 g/mol. The van der Waals surface area contributed by atoms with Gasteiger partial charge in [-0.2, -0.15) is 13.2 Å². The van der Waals surface area contributed by atoms with Crippen LogP contribution in [0.4, 0.5) is 13.2 Å². The molecule has 0 spiro atoms. The summed E-state index contributed by atoms with van der Waals surface area (Å²) in [7, 11) is 0. The number of halogens is 3. The molecular formula is C24H15F3O3. The van der Waals surface area contributed by atoms with Crippen LogP contribution in [0.3, 0.4) is 0 Å². The Kier molecular flexibility index (Phi) is 4.91. The summed E-state index contributed by atoms with van der Waals surface area (Å²) in [6.07, 6.45) is -3.56. The highest BCUT2D eigenvalue weighted by Crippen LogP contribution is 2.37. The molecule has 3 aromatic carbocycles. The molecule has 6 heteroatoms. The second kappa shape index (κ2) is 7.55. The average Bonchev–Trinajstić information content (AvgIpc) is 3.01. The number of cyclic esters (lactones) is 1. The van der Waals surface area contributed by atoms with E-state index >= 15 is 0 Å². The normalized spacial score (nSPS) is 15.6. The summed E-state index contributed by atoms with van der Waals surface area (Å²) in [6.45, 7) is 0. The van der Waals surface area contributed by atoms with Crippen molar-refractivity contribution in [2.45, 2.75) is 6.18 Å². The smallest absolute Gasteiger partial charge is 0.416 e. The Morgan fingerprint density at radius 2 is 1.33 bits per heavy atom. The van der Waals surface area contributed by atoms with Crippen molar-refractivity contribution in [3.05, 3.63) is 107 Å². The van der Waals surface area contributed by atoms with Gasteiger partial charge in [0, 0.05) is 0 Å². The third-order valence-electron chi connectivity index (χ3n) is 4.71. The van der Waals surface area contributed by atoms with E-state index in [-0.39, 0.29) is 16.9 Å². The van der Waals surface area contributed by atoms with Crippen LogP contribution in [-0.4, -0.2) is 11.1 Å². The van der Waals surface area contributed by atoms with Crippen LogP contribution in [0.5, 0.6) is 0 Å². The molecule has 150 valence electrons. The van der Waals surface area contributed by atoms with E-state index in [0.29, 0.717) is 5.56 Å². The van der Waals surface area contributed by atoms with E-state index in [1.54, 1.807) is 24.3 Å². The minimum atomic E-state index is -4.58. The molecule has 0 radical (unpaired) electrons. The SMILES string of the molecule is O=C1OC(=Cc2ccccc2C(F)(F)F)C(O)=C1c1ccc(-c2ccccc2)cc1. The first-order valence-corrected chi connectivity index (χ1v) is 9.04. The van der Waals surface area contributed by atoms with Gasteiger partial charge in [-0.05, 0) is 34.4 Å². The lowest BCUT2D eigenvalue weighted by atomic mass is 9.99. The van der Waals surface area contributed by atoms with Gasteiger partial charge >= 0.3 is 12.1 Å². The van der Waals surface area contributed by atoms with E-state index in [2.05, 4.69) is 0 Å². The van der Waals surface area contributed by atoms with E-state index < -0.39 is 23.5 Å². The van der Waals surface area contributed by atoms with Crippen molar-refractivity contribution >= 4 is 17.6 Å². The van der Waals surface area contributed by atoms with Gasteiger partial charge < -0.3 is 9.84 Å². The van der Waals surface area contributed by atoms with Gasteiger partial charge in [-0.15, -0.1) is 0 Å². The van der Waals surface area contributed by atoms with E-state index in [0.717, 1.165) is 23.3 Å². The monoisotopic (exact) mass is 408 g/mol. The largest absolute Gasteiger partial charge is 0.504 e. The Labute approximate surface area is 170 Å². The first-order valence-electron chi connectivity index (χ1n) is 9.04. The van der Waals surface area contributed by atoms with Crippen molar-refractivity contribution in [3.63, 3.8) is 0 Å². The quantitative estimate of drug-likeness (QED) is 0.522. The molecule has 0 aliphatic carbocycles. The van der Waals surface area contributed by atoms with Gasteiger partial charge in [0.2, 0.25) is 0 Å². The maximum absolute atomic E-state index is 13.2. The minimum Gasteiger partial charge on any atom is -0.504 e. The molecule has 4 rings (SSSR count). The van der Waals surface area contributed by atoms with Gasteiger partial charge in [-0.1, -0.05) is 72.8 Å². The fraction of sp³-hybridized carbons (Fsp3) is 0.0417. The van der Waals surface area contributed by atoms with E-state index in [4.69, 9.17) is 4.74 Å². The lowest BCUT2D eigenvalue weighted by molar-refractivity contribution is -0.137. The lowest BCUT2D eigenvalue weighted by Gasteiger charge is -2.10. The van der Waals surface area contributed by atoms with Gasteiger partial charge in [0.15, 0.2) is 11.5 Å². The van der Waals surface area contributed by atoms with Crippen LogP contribution in [0.2, 0.25) is 0 Å². The second-order valence-corrected chi connectivity index (χ2v) is 6.65. The highest BCUT2D eigenvalue weighted by Gasteiger charge is 2.35. The summed E-state index contributed by atoms with van der Waals surface area (Å²) in [4.78, 5) is 12.3. The summed E-state index contributed by atoms with van der Waals surface area (Å²) < 4.78 is 44.7. The van der Waals surface area contributed by atoms with Crippen LogP contribution in [-0.2, 0) is 15.7 Å². The number of aliphatic hydroxyl groups is 1. The zero-order valence-electron chi connectivity index (χ0n) is 15.5. The van der Waals surface area contributed by atoms with Crippen molar-refractivity contribution in [1.82, 2.24) is 0 Å². The van der Waals surface area contributed by atoms with Gasteiger partial charge in [-0.3, -0.25) is 0 Å². The summed E-state index contributed by atoms with van der Waals surface area (Å²) in [6, 6.07) is 21.3. The number of aliphatic hydroxyl groups excluding tert-OH is 1. The number of carbonyl (C=O) groups is 1. The zero-order chi connectivity index (χ0) is 21.3. The van der Waals surface area contributed by atoms with Crippen LogP contribution < -0.4 is 0 Å². The third kappa shape index (κ3) is 3.72. The van der Waals surface area contributed by atoms with Gasteiger partial charge in [0.05, 0.1) is 5.56 Å². The molecule has 30 heavy (non-hydrogen) atoms. The Balaban J connectivity index is 1.71. The standard InChI is InChI=1S/C24H15F3O3/c25-24(26,27)19-9-5-4-8-18(19)14-20-22(28)21(23(29)30-20)17-12-10-16(11-13-17)15-6-2-1-3-7-15/h1-14,28H. The fourth-order valence-corrected chi connectivity index (χ4v) is 3.25. The number of hydrogen-bond acceptors (Lipinski definition) is 3. The highest BCUT2D eigenvalue weighted by molar-refractivity contribution is 6.21. The Morgan fingerprint density at radius 1 is 0.767 bits per heavy atom. The van der Waals surface area contributed by atoms with Crippen molar-refractivity contribution in [1.29, 1.82) is 0 Å². The lowest BCUT2D eigenvalue weighted by Crippen LogP contribution is -2.07. The number of alkyl halides is 3. The van der Waals surface area contributed by atoms with Crippen molar-refractivity contribution in [2.24, 2.45) is 0 Å². The molecule has 0 saturated carbocycles. The van der Waals surface area contributed by atoms with Crippen LogP contribution in [0.25, 0.3) is 22.8 Å². The molecule has 0 aromatic heterocycles. The third-order valence-corrected chi connectivity index (χ3v) is 4.71. The molecule has 1 aliphatic heterocycles. The van der Waals surface area contributed by atoms with Gasteiger partial charge in [0.25, 0.3) is 0 Å². The summed E-state index contributed by atoms with van der Waals surface area (Å²) in [5, 5.41) is 10.5. The fourth-order valence-electron chi connectivity index (χ4n) is 3.25. The first-order chi connectivity index (χ1) is 14.3. The van der Waals surface area contributed by atoms with Crippen LogP contribution in [0, 0.1) is 0 Å². The number of rotatable bonds is 3. The zero-order valence-corrected chi connectivity index (χ0v) is 15.5. The van der Waals surface area contributed by atoms with Crippen molar-refractivity contribution in [3.8, 4) is 11.1 Å². The summed E-state index contributed by atoms with van der Waals surface area (Å²) >= 11 is 0. The molecule has 0 fully saturated rings. The first kappa shape index (κ1) is 19.5. The van der Waals surface area contributed by atoms with Crippen molar-refractivity contribution < 1.29 is 27.8 Å². The molecule has 1 N–H and O–H groups in total. The maximum atomic E-state index is 13.2. The minimum absolute atomic E-state index is 0.0923. The summed E-state index contributed by atoms with van der Waals surface area (Å²) in [5.74, 6) is -1.64.